The maximum atomic E-state index is 13.7. The number of morpholine rings is 1. The minimum Gasteiger partial charge on any atom is -0.364 e. The molecule has 1 aromatic rings. The summed E-state index contributed by atoms with van der Waals surface area (Å²) in [6.07, 6.45) is 1.97. The van der Waals surface area contributed by atoms with Crippen LogP contribution in [0, 0.1) is 0 Å². The van der Waals surface area contributed by atoms with Crippen LogP contribution in [0.4, 0.5) is 11.4 Å². The normalized spacial score (nSPS) is 28.3. The third-order valence-electron chi connectivity index (χ3n) is 6.36. The van der Waals surface area contributed by atoms with Gasteiger partial charge in [0.15, 0.2) is 5.78 Å². The number of para-hydroxylation sites is 2. The van der Waals surface area contributed by atoms with Gasteiger partial charge in [-0.05, 0) is 46.8 Å². The first-order valence-electron chi connectivity index (χ1n) is 10.6. The number of fused-ring (bicyclic) bond motifs is 3. The first-order chi connectivity index (χ1) is 15.1. The molecule has 2 fully saturated rings. The van der Waals surface area contributed by atoms with E-state index in [1.807, 2.05) is 44.7 Å². The van der Waals surface area contributed by atoms with E-state index in [0.29, 0.717) is 34.9 Å². The first-order valence-corrected chi connectivity index (χ1v) is 10.6. The van der Waals surface area contributed by atoms with E-state index in [-0.39, 0.29) is 29.9 Å². The molecule has 3 heterocycles. The van der Waals surface area contributed by atoms with Crippen LogP contribution in [0.5, 0.6) is 0 Å². The number of epoxide rings is 1. The van der Waals surface area contributed by atoms with Gasteiger partial charge in [0.25, 0.3) is 0 Å². The summed E-state index contributed by atoms with van der Waals surface area (Å²) in [5.74, 6) is 0.0484. The van der Waals surface area contributed by atoms with Crippen LogP contribution >= 0.6 is 0 Å². The van der Waals surface area contributed by atoms with E-state index in [1.165, 1.54) is 11.0 Å². The number of ketones is 1. The van der Waals surface area contributed by atoms with Gasteiger partial charge in [-0.1, -0.05) is 17.7 Å². The lowest BCUT2D eigenvalue weighted by Gasteiger charge is -2.35. The molecule has 8 nitrogen and oxygen atoms in total. The number of nitrogens with zero attached hydrogens (tertiary/aromatic N) is 3. The molecule has 0 saturated carbocycles. The average Bonchev–Trinajstić information content (AvgIpc) is 3.46. The second-order valence-electron chi connectivity index (χ2n) is 8.95. The van der Waals surface area contributed by atoms with Gasteiger partial charge in [-0.3, -0.25) is 19.4 Å². The molecule has 0 unspecified atom stereocenters. The molecule has 2 saturated heterocycles. The second kappa shape index (κ2) is 7.70. The lowest BCUT2D eigenvalue weighted by atomic mass is 9.90. The molecular weight excluding hydrogens is 408 g/mol. The summed E-state index contributed by atoms with van der Waals surface area (Å²) in [4.78, 5) is 45.8. The Balaban J connectivity index is 1.82. The highest BCUT2D eigenvalue weighted by Gasteiger charge is 2.72. The number of Topliss-reactive ketones (excluding diaryl/α,β-unsaturated/α-hetero) is 1. The molecule has 0 radical (unpaired) electrons. The lowest BCUT2D eigenvalue weighted by Crippen LogP contribution is -2.52. The van der Waals surface area contributed by atoms with E-state index in [1.54, 1.807) is 26.1 Å². The highest BCUT2D eigenvalue weighted by molar-refractivity contribution is 6.28. The number of carbonyl (C=O) groups excluding carboxylic acids is 3. The van der Waals surface area contributed by atoms with Gasteiger partial charge >= 0.3 is 0 Å². The van der Waals surface area contributed by atoms with Crippen molar-refractivity contribution < 1.29 is 19.1 Å². The van der Waals surface area contributed by atoms with Crippen LogP contribution in [0.25, 0.3) is 0 Å². The zero-order valence-electron chi connectivity index (χ0n) is 19.2. The summed E-state index contributed by atoms with van der Waals surface area (Å²) in [6.45, 7) is 9.30. The van der Waals surface area contributed by atoms with Crippen LogP contribution in [0.2, 0.25) is 0 Å². The summed E-state index contributed by atoms with van der Waals surface area (Å²) in [5.41, 5.74) is 1.98. The number of anilines is 1. The molecule has 0 aliphatic carbocycles. The highest BCUT2D eigenvalue weighted by atomic mass is 16.6. The lowest BCUT2D eigenvalue weighted by molar-refractivity contribution is -0.125. The number of hydrogen-bond acceptors (Lipinski definition) is 6. The summed E-state index contributed by atoms with van der Waals surface area (Å²) in [5, 5.41) is 2.94. The summed E-state index contributed by atoms with van der Waals surface area (Å²) >= 11 is 0. The Bertz CT molecular complexity index is 1100. The third-order valence-corrected chi connectivity index (χ3v) is 6.36. The smallest absolute Gasteiger partial charge is 0.249 e. The topological polar surface area (TPSA) is 94.6 Å². The van der Waals surface area contributed by atoms with Crippen LogP contribution in [-0.4, -0.2) is 59.5 Å². The predicted octanol–water partition coefficient (Wildman–Crippen LogP) is 2.48. The second-order valence-corrected chi connectivity index (χ2v) is 8.95. The fourth-order valence-corrected chi connectivity index (χ4v) is 4.83. The van der Waals surface area contributed by atoms with Crippen LogP contribution in [0.3, 0.4) is 0 Å². The molecule has 1 N–H and O–H groups in total. The summed E-state index contributed by atoms with van der Waals surface area (Å²) in [6, 6.07) is 7.15. The number of benzene rings is 1. The van der Waals surface area contributed by atoms with Crippen molar-refractivity contribution in [3.8, 4) is 0 Å². The predicted molar refractivity (Wildman–Crippen MR) is 122 cm³/mol. The minimum absolute atomic E-state index is 0.0277. The van der Waals surface area contributed by atoms with E-state index in [2.05, 4.69) is 5.32 Å². The molecule has 168 valence electrons. The molecule has 3 aliphatic heterocycles. The molecule has 1 aromatic carbocycles. The Labute approximate surface area is 187 Å². The number of nitrogens with one attached hydrogen (secondary N) is 1. The molecule has 0 bridgehead atoms. The van der Waals surface area contributed by atoms with Crippen LogP contribution < -0.4 is 10.2 Å². The number of hydrogen-bond donors (Lipinski definition) is 1. The van der Waals surface area contributed by atoms with Crippen molar-refractivity contribution in [1.82, 2.24) is 10.2 Å². The van der Waals surface area contributed by atoms with Gasteiger partial charge in [0.2, 0.25) is 12.3 Å². The summed E-state index contributed by atoms with van der Waals surface area (Å²) in [7, 11) is 1.64. The van der Waals surface area contributed by atoms with Crippen molar-refractivity contribution in [2.75, 3.05) is 11.9 Å². The number of carbonyl (C=O) groups is 3. The fraction of sp³-hybridized carbons (Fsp3) is 0.417. The van der Waals surface area contributed by atoms with Gasteiger partial charge in [0.05, 0.1) is 28.7 Å². The molecule has 4 atom stereocenters. The van der Waals surface area contributed by atoms with Gasteiger partial charge in [-0.2, -0.15) is 0 Å². The molecule has 0 spiro atoms. The van der Waals surface area contributed by atoms with Gasteiger partial charge in [-0.15, -0.1) is 0 Å². The number of aliphatic imine (C=N–C) groups is 1. The van der Waals surface area contributed by atoms with Gasteiger partial charge in [0.1, 0.15) is 23.6 Å². The maximum absolute atomic E-state index is 13.7. The Kier molecular flexibility index (Phi) is 5.29. The Morgan fingerprint density at radius 1 is 1.28 bits per heavy atom. The Morgan fingerprint density at radius 2 is 1.97 bits per heavy atom. The fourth-order valence-electron chi connectivity index (χ4n) is 4.83. The zero-order valence-corrected chi connectivity index (χ0v) is 19.2. The third kappa shape index (κ3) is 3.26. The van der Waals surface area contributed by atoms with Crippen LogP contribution in [0.15, 0.2) is 52.3 Å². The number of allylic oxidation sites excluding steroid dienone is 1. The average molecular weight is 437 g/mol. The Hall–Kier alpha value is -3.26. The molecule has 8 heteroatoms. The van der Waals surface area contributed by atoms with E-state index in [0.717, 1.165) is 5.57 Å². The monoisotopic (exact) mass is 436 g/mol. The van der Waals surface area contributed by atoms with Crippen LogP contribution in [-0.2, 0) is 19.1 Å². The SMILES string of the molecule is CC(C)=CC(=O)NC1=C(C(C)=Nc2ccccc2N(C)C=O)C(=O)[C@]2(C)[C@H]3O[C@@H]3[C@H](C)N12. The maximum Gasteiger partial charge on any atom is 0.249 e. The largest absolute Gasteiger partial charge is 0.364 e. The quantitative estimate of drug-likeness (QED) is 0.320. The standard InChI is InChI=1S/C24H28N4O4/c1-13(2)11-18(30)26-23-19(21(31)24(5)22-20(32-22)15(4)28(23)24)14(3)25-16-9-7-8-10-17(16)27(6)12-29/h7-12,15,20,22H,1-6H3,(H,26,30)/t15-,20+,22-,24+/m0/s1. The van der Waals surface area contributed by atoms with Gasteiger partial charge in [0, 0.05) is 13.1 Å². The minimum atomic E-state index is -0.886. The summed E-state index contributed by atoms with van der Waals surface area (Å²) < 4.78 is 5.78. The van der Waals surface area contributed by atoms with Gasteiger partial charge < -0.3 is 19.9 Å². The van der Waals surface area contributed by atoms with E-state index >= 15 is 0 Å². The van der Waals surface area contributed by atoms with E-state index in [9.17, 15) is 14.4 Å². The van der Waals surface area contributed by atoms with Crippen molar-refractivity contribution in [3.05, 3.63) is 47.3 Å². The molecule has 4 rings (SSSR count). The first kappa shape index (κ1) is 22.0. The zero-order chi connectivity index (χ0) is 23.4. The highest BCUT2D eigenvalue weighted by Crippen LogP contribution is 2.54. The Morgan fingerprint density at radius 3 is 2.62 bits per heavy atom. The molecular formula is C24H28N4O4. The van der Waals surface area contributed by atoms with E-state index in [4.69, 9.17) is 9.73 Å². The number of amides is 2. The molecule has 3 aliphatic rings. The molecule has 0 aromatic heterocycles. The van der Waals surface area contributed by atoms with Gasteiger partial charge in [-0.25, -0.2) is 0 Å². The number of rotatable bonds is 6. The van der Waals surface area contributed by atoms with Crippen molar-refractivity contribution in [1.29, 1.82) is 0 Å². The molecule has 2 amide bonds. The van der Waals surface area contributed by atoms with Crippen molar-refractivity contribution in [3.63, 3.8) is 0 Å². The van der Waals surface area contributed by atoms with Crippen molar-refractivity contribution >= 4 is 35.2 Å². The molecule has 32 heavy (non-hydrogen) atoms. The van der Waals surface area contributed by atoms with Crippen molar-refractivity contribution in [2.24, 2.45) is 4.99 Å². The number of ether oxygens (including phenoxy) is 1. The van der Waals surface area contributed by atoms with Crippen LogP contribution in [0.1, 0.15) is 34.6 Å². The van der Waals surface area contributed by atoms with E-state index < -0.39 is 5.54 Å². The van der Waals surface area contributed by atoms with Crippen molar-refractivity contribution in [2.45, 2.75) is 58.4 Å².